The topological polar surface area (TPSA) is 127 Å². The van der Waals surface area contributed by atoms with E-state index in [2.05, 4.69) is 9.97 Å². The lowest BCUT2D eigenvalue weighted by Gasteiger charge is -2.06. The number of benzene rings is 2. The minimum absolute atomic E-state index is 0.0708. The second-order valence-corrected chi connectivity index (χ2v) is 8.07. The van der Waals surface area contributed by atoms with Crippen LogP contribution in [0.5, 0.6) is 0 Å². The Morgan fingerprint density at radius 1 is 1.03 bits per heavy atom. The van der Waals surface area contributed by atoms with Gasteiger partial charge in [0.15, 0.2) is 5.82 Å². The Labute approximate surface area is 197 Å². The monoisotopic (exact) mass is 468 g/mol. The maximum atomic E-state index is 13.6. The molecule has 35 heavy (non-hydrogen) atoms. The first-order chi connectivity index (χ1) is 16.9. The fourth-order valence-corrected chi connectivity index (χ4v) is 4.22. The molecular weight excluding hydrogens is 448 g/mol. The zero-order chi connectivity index (χ0) is 24.7. The van der Waals surface area contributed by atoms with E-state index in [1.807, 2.05) is 6.92 Å². The molecule has 0 aliphatic carbocycles. The highest BCUT2D eigenvalue weighted by Crippen LogP contribution is 2.29. The SMILES string of the molecule is CCCn1c(=O)[nH]c2ccc(C(=O)c3nc(-c4ccccc4C(=O)O)c4ccccn34)cc2c1=O. The first-order valence-electron chi connectivity index (χ1n) is 11.0. The van der Waals surface area contributed by atoms with E-state index in [1.54, 1.807) is 47.0 Å². The average molecular weight is 468 g/mol. The number of pyridine rings is 1. The summed E-state index contributed by atoms with van der Waals surface area (Å²) in [5.74, 6) is -1.47. The number of fused-ring (bicyclic) bond motifs is 2. The molecule has 5 rings (SSSR count). The fraction of sp³-hybridized carbons (Fsp3) is 0.115. The number of imidazole rings is 1. The number of carbonyl (C=O) groups is 2. The fourth-order valence-electron chi connectivity index (χ4n) is 4.22. The van der Waals surface area contributed by atoms with Crippen molar-refractivity contribution in [3.63, 3.8) is 0 Å². The van der Waals surface area contributed by atoms with Gasteiger partial charge in [0.25, 0.3) is 5.56 Å². The van der Waals surface area contributed by atoms with Gasteiger partial charge in [-0.25, -0.2) is 14.6 Å². The molecule has 0 atom stereocenters. The molecule has 0 radical (unpaired) electrons. The number of aromatic amines is 1. The van der Waals surface area contributed by atoms with Gasteiger partial charge in [-0.15, -0.1) is 0 Å². The van der Waals surface area contributed by atoms with Gasteiger partial charge < -0.3 is 10.1 Å². The molecule has 5 aromatic rings. The summed E-state index contributed by atoms with van der Waals surface area (Å²) in [6, 6.07) is 16.3. The molecular formula is C26H20N4O5. The second kappa shape index (κ2) is 8.53. The Bertz CT molecular complexity index is 1760. The predicted octanol–water partition coefficient (Wildman–Crippen LogP) is 3.34. The maximum Gasteiger partial charge on any atom is 0.336 e. The van der Waals surface area contributed by atoms with Gasteiger partial charge >= 0.3 is 11.7 Å². The largest absolute Gasteiger partial charge is 0.478 e. The van der Waals surface area contributed by atoms with Crippen LogP contribution in [0, 0.1) is 0 Å². The number of H-pyrrole nitrogens is 1. The van der Waals surface area contributed by atoms with Gasteiger partial charge in [0.2, 0.25) is 5.78 Å². The molecule has 0 amide bonds. The van der Waals surface area contributed by atoms with Crippen LogP contribution in [0.3, 0.4) is 0 Å². The van der Waals surface area contributed by atoms with Crippen LogP contribution in [0.25, 0.3) is 27.7 Å². The van der Waals surface area contributed by atoms with Crippen molar-refractivity contribution in [1.29, 1.82) is 0 Å². The number of aromatic carboxylic acids is 1. The number of carboxylic acid groups (broad SMARTS) is 1. The summed E-state index contributed by atoms with van der Waals surface area (Å²) in [5, 5.41) is 9.86. The highest BCUT2D eigenvalue weighted by Gasteiger charge is 2.23. The number of rotatable bonds is 6. The normalized spacial score (nSPS) is 11.2. The zero-order valence-corrected chi connectivity index (χ0v) is 18.7. The third kappa shape index (κ3) is 3.63. The van der Waals surface area contributed by atoms with Crippen molar-refractivity contribution in [1.82, 2.24) is 18.9 Å². The minimum atomic E-state index is -1.10. The molecule has 174 valence electrons. The number of carboxylic acids is 1. The Kier molecular flexibility index (Phi) is 5.37. The van der Waals surface area contributed by atoms with Crippen molar-refractivity contribution < 1.29 is 14.7 Å². The molecule has 0 unspecified atom stereocenters. The molecule has 3 aromatic heterocycles. The lowest BCUT2D eigenvalue weighted by atomic mass is 10.0. The Morgan fingerprint density at radius 2 is 1.80 bits per heavy atom. The van der Waals surface area contributed by atoms with Crippen molar-refractivity contribution in [3.8, 4) is 11.3 Å². The third-order valence-corrected chi connectivity index (χ3v) is 5.86. The number of aromatic nitrogens is 4. The van der Waals surface area contributed by atoms with E-state index < -0.39 is 23.0 Å². The standard InChI is InChI=1S/C26H20N4O5/c1-2-12-30-24(32)18-14-15(10-11-19(18)27-26(30)35)22(31)23-28-21(20-9-5-6-13-29(20)23)16-7-3-4-8-17(16)25(33)34/h3-11,13-14H,2,12H2,1H3,(H,27,35)(H,33,34). The summed E-state index contributed by atoms with van der Waals surface area (Å²) < 4.78 is 2.71. The van der Waals surface area contributed by atoms with Crippen LogP contribution < -0.4 is 11.2 Å². The zero-order valence-electron chi connectivity index (χ0n) is 18.7. The van der Waals surface area contributed by atoms with Crippen LogP contribution in [0.4, 0.5) is 0 Å². The van der Waals surface area contributed by atoms with Gasteiger partial charge in [-0.05, 0) is 42.8 Å². The van der Waals surface area contributed by atoms with Crippen molar-refractivity contribution in [3.05, 3.63) is 105 Å². The van der Waals surface area contributed by atoms with Crippen molar-refractivity contribution >= 4 is 28.2 Å². The summed E-state index contributed by atoms with van der Waals surface area (Å²) in [4.78, 5) is 57.7. The van der Waals surface area contributed by atoms with Crippen LogP contribution in [-0.2, 0) is 6.54 Å². The first-order valence-corrected chi connectivity index (χ1v) is 11.0. The molecule has 2 aromatic carbocycles. The molecule has 0 saturated heterocycles. The van der Waals surface area contributed by atoms with Gasteiger partial charge in [-0.2, -0.15) is 0 Å². The molecule has 9 heteroatoms. The van der Waals surface area contributed by atoms with Gasteiger partial charge in [0.05, 0.1) is 27.7 Å². The van der Waals surface area contributed by atoms with E-state index >= 15 is 0 Å². The van der Waals surface area contributed by atoms with Gasteiger partial charge in [0, 0.05) is 23.9 Å². The number of nitrogens with zero attached hydrogens (tertiary/aromatic N) is 3. The van der Waals surface area contributed by atoms with E-state index in [9.17, 15) is 24.3 Å². The van der Waals surface area contributed by atoms with Crippen LogP contribution in [-0.4, -0.2) is 35.8 Å². The first kappa shape index (κ1) is 22.0. The maximum absolute atomic E-state index is 13.6. The molecule has 0 spiro atoms. The number of hydrogen-bond donors (Lipinski definition) is 2. The Balaban J connectivity index is 1.70. The van der Waals surface area contributed by atoms with Crippen molar-refractivity contribution in [2.75, 3.05) is 0 Å². The minimum Gasteiger partial charge on any atom is -0.478 e. The molecule has 0 fully saturated rings. The van der Waals surface area contributed by atoms with Gasteiger partial charge in [-0.1, -0.05) is 31.2 Å². The summed E-state index contributed by atoms with van der Waals surface area (Å²) in [5.41, 5.74) is 0.991. The van der Waals surface area contributed by atoms with Crippen molar-refractivity contribution in [2.24, 2.45) is 0 Å². The molecule has 0 aliphatic rings. The van der Waals surface area contributed by atoms with E-state index in [4.69, 9.17) is 0 Å². The molecule has 9 nitrogen and oxygen atoms in total. The second-order valence-electron chi connectivity index (χ2n) is 8.07. The molecule has 2 N–H and O–H groups in total. The van der Waals surface area contributed by atoms with Crippen molar-refractivity contribution in [2.45, 2.75) is 19.9 Å². The Morgan fingerprint density at radius 3 is 2.57 bits per heavy atom. The third-order valence-electron chi connectivity index (χ3n) is 5.86. The predicted molar refractivity (Wildman–Crippen MR) is 130 cm³/mol. The summed E-state index contributed by atoms with van der Waals surface area (Å²) in [7, 11) is 0. The van der Waals surface area contributed by atoms with E-state index in [1.165, 1.54) is 24.3 Å². The summed E-state index contributed by atoms with van der Waals surface area (Å²) >= 11 is 0. The van der Waals surface area contributed by atoms with E-state index in [-0.39, 0.29) is 28.9 Å². The summed E-state index contributed by atoms with van der Waals surface area (Å²) in [6.07, 6.45) is 2.28. The quantitative estimate of drug-likeness (QED) is 0.368. The molecule has 3 heterocycles. The number of nitrogens with one attached hydrogen (secondary N) is 1. The highest BCUT2D eigenvalue weighted by molar-refractivity contribution is 6.10. The number of hydrogen-bond acceptors (Lipinski definition) is 5. The lowest BCUT2D eigenvalue weighted by molar-refractivity contribution is 0.0697. The van der Waals surface area contributed by atoms with E-state index in [0.29, 0.717) is 28.7 Å². The van der Waals surface area contributed by atoms with Gasteiger partial charge in [-0.3, -0.25) is 18.6 Å². The van der Waals surface area contributed by atoms with Gasteiger partial charge in [0.1, 0.15) is 0 Å². The number of carbonyl (C=O) groups excluding carboxylic acids is 1. The Hall–Kier alpha value is -4.79. The molecule has 0 saturated carbocycles. The highest BCUT2D eigenvalue weighted by atomic mass is 16.4. The lowest BCUT2D eigenvalue weighted by Crippen LogP contribution is -2.35. The van der Waals surface area contributed by atoms with Crippen LogP contribution in [0.15, 0.2) is 76.4 Å². The number of ketones is 1. The average Bonchev–Trinajstić information content (AvgIpc) is 3.25. The molecule has 0 bridgehead atoms. The van der Waals surface area contributed by atoms with E-state index in [0.717, 1.165) is 4.57 Å². The van der Waals surface area contributed by atoms with Crippen LogP contribution >= 0.6 is 0 Å². The smallest absolute Gasteiger partial charge is 0.336 e. The van der Waals surface area contributed by atoms with Crippen LogP contribution in [0.2, 0.25) is 0 Å². The molecule has 0 aliphatic heterocycles. The summed E-state index contributed by atoms with van der Waals surface area (Å²) in [6.45, 7) is 2.12. The van der Waals surface area contributed by atoms with Crippen LogP contribution in [0.1, 0.15) is 39.9 Å².